The number of hydrogen-bond acceptors (Lipinski definition) is 6. The van der Waals surface area contributed by atoms with Crippen molar-refractivity contribution in [3.05, 3.63) is 42.2 Å². The summed E-state index contributed by atoms with van der Waals surface area (Å²) in [5, 5.41) is 23.6. The Morgan fingerprint density at radius 1 is 1.21 bits per heavy atom. The number of phenolic OH excluding ortho intramolecular Hbond substituents is 1. The quantitative estimate of drug-likeness (QED) is 0.695. The van der Waals surface area contributed by atoms with Crippen LogP contribution in [0.2, 0.25) is 0 Å². The largest absolute Gasteiger partial charge is 0.507 e. The van der Waals surface area contributed by atoms with Gasteiger partial charge in [-0.05, 0) is 38.5 Å². The van der Waals surface area contributed by atoms with Gasteiger partial charge in [0.05, 0.1) is 18.2 Å². The van der Waals surface area contributed by atoms with Crippen LogP contribution in [-0.4, -0.2) is 38.5 Å². The molecule has 28 heavy (non-hydrogen) atoms. The Morgan fingerprint density at radius 3 is 2.71 bits per heavy atom. The first-order valence-electron chi connectivity index (χ1n) is 8.96. The van der Waals surface area contributed by atoms with E-state index in [0.29, 0.717) is 29.1 Å². The van der Waals surface area contributed by atoms with Gasteiger partial charge >= 0.3 is 0 Å². The first-order chi connectivity index (χ1) is 13.3. The number of benzene rings is 1. The molecule has 3 heterocycles. The number of ether oxygens (including phenoxy) is 1. The van der Waals surface area contributed by atoms with Crippen LogP contribution in [0.15, 0.2) is 36.7 Å². The van der Waals surface area contributed by atoms with Crippen LogP contribution in [0.1, 0.15) is 32.3 Å². The molecule has 0 spiro atoms. The van der Waals surface area contributed by atoms with Crippen molar-refractivity contribution < 1.29 is 18.6 Å². The van der Waals surface area contributed by atoms with E-state index < -0.39 is 6.43 Å². The molecule has 1 atom stereocenters. The maximum absolute atomic E-state index is 12.9. The Kier molecular flexibility index (Phi) is 4.58. The second-order valence-corrected chi connectivity index (χ2v) is 7.51. The van der Waals surface area contributed by atoms with Crippen molar-refractivity contribution in [1.29, 1.82) is 0 Å². The first kappa shape index (κ1) is 18.5. The number of aromatic nitrogens is 3. The molecule has 0 bridgehead atoms. The number of phenols is 1. The number of anilines is 1. The molecule has 1 aliphatic rings. The Morgan fingerprint density at radius 2 is 2.04 bits per heavy atom. The zero-order valence-corrected chi connectivity index (χ0v) is 15.5. The molecule has 3 aromatic rings. The van der Waals surface area contributed by atoms with E-state index in [2.05, 4.69) is 20.5 Å². The molecule has 146 valence electrons. The number of rotatable bonds is 4. The molecule has 2 aromatic heterocycles. The van der Waals surface area contributed by atoms with Gasteiger partial charge in [0.25, 0.3) is 6.43 Å². The van der Waals surface area contributed by atoms with E-state index in [0.717, 1.165) is 17.9 Å². The van der Waals surface area contributed by atoms with Gasteiger partial charge in [-0.1, -0.05) is 6.07 Å². The highest BCUT2D eigenvalue weighted by atomic mass is 19.3. The van der Waals surface area contributed by atoms with Crippen molar-refractivity contribution in [1.82, 2.24) is 15.2 Å². The zero-order chi connectivity index (χ0) is 19.9. The highest BCUT2D eigenvalue weighted by Gasteiger charge is 2.32. The summed E-state index contributed by atoms with van der Waals surface area (Å²) in [6.07, 6.45) is 1.45. The number of nitrogens with one attached hydrogen (secondary N) is 1. The molecule has 1 unspecified atom stereocenters. The second kappa shape index (κ2) is 6.94. The fourth-order valence-electron chi connectivity index (χ4n) is 3.51. The normalized spacial score (nSPS) is 18.7. The number of alkyl halides is 2. The molecule has 8 heteroatoms. The number of aromatic hydroxyl groups is 1. The molecule has 0 saturated carbocycles. The highest BCUT2D eigenvalue weighted by Crippen LogP contribution is 2.37. The third kappa shape index (κ3) is 3.47. The van der Waals surface area contributed by atoms with Crippen LogP contribution in [0.25, 0.3) is 22.0 Å². The fraction of sp³-hybridized carbons (Fsp3) is 0.350. The molecule has 0 radical (unpaired) electrons. The minimum Gasteiger partial charge on any atom is -0.507 e. The second-order valence-electron chi connectivity index (χ2n) is 7.51. The maximum Gasteiger partial charge on any atom is 0.263 e. The summed E-state index contributed by atoms with van der Waals surface area (Å²) in [5.74, 6) is 0.304. The van der Waals surface area contributed by atoms with Gasteiger partial charge in [0.15, 0.2) is 5.82 Å². The van der Waals surface area contributed by atoms with Gasteiger partial charge in [-0.15, -0.1) is 10.2 Å². The molecule has 1 fully saturated rings. The molecule has 4 rings (SSSR count). The number of nitrogens with zero attached hydrogens (tertiary/aromatic N) is 3. The van der Waals surface area contributed by atoms with Gasteiger partial charge < -0.3 is 15.2 Å². The molecule has 2 N–H and O–H groups in total. The third-order valence-electron chi connectivity index (χ3n) is 4.86. The summed E-state index contributed by atoms with van der Waals surface area (Å²) in [5.41, 5.74) is 0.300. The van der Waals surface area contributed by atoms with Gasteiger partial charge in [0, 0.05) is 34.3 Å². The maximum atomic E-state index is 12.9. The topological polar surface area (TPSA) is 80.2 Å². The lowest BCUT2D eigenvalue weighted by atomic mass is 10.0. The van der Waals surface area contributed by atoms with Crippen molar-refractivity contribution >= 4 is 16.6 Å². The standard InChI is InChI=1S/C20H20F2N4O2/c1-20(2)8-12(10-28-20)24-19-15-9-23-6-5-13(15)17(25-26-19)14-4-3-11(18(21)22)7-16(14)27/h3-7,9,12,18,27H,8,10H2,1-2H3,(H,24,26). The average Bonchev–Trinajstić information content (AvgIpc) is 3.00. The van der Waals surface area contributed by atoms with Crippen molar-refractivity contribution in [3.8, 4) is 17.0 Å². The van der Waals surface area contributed by atoms with Crippen LogP contribution in [0, 0.1) is 0 Å². The van der Waals surface area contributed by atoms with Gasteiger partial charge in [-0.2, -0.15) is 0 Å². The first-order valence-corrected chi connectivity index (χ1v) is 8.96. The Bertz CT molecular complexity index is 1030. The number of hydrogen-bond donors (Lipinski definition) is 2. The molecule has 1 aromatic carbocycles. The molecule has 1 aliphatic heterocycles. The Balaban J connectivity index is 1.74. The van der Waals surface area contributed by atoms with Crippen molar-refractivity contribution in [2.24, 2.45) is 0 Å². The van der Waals surface area contributed by atoms with E-state index in [1.807, 2.05) is 13.8 Å². The Hall–Kier alpha value is -2.87. The minimum absolute atomic E-state index is 0.0947. The van der Waals surface area contributed by atoms with Crippen molar-refractivity contribution in [2.45, 2.75) is 38.3 Å². The lowest BCUT2D eigenvalue weighted by molar-refractivity contribution is 0.0363. The summed E-state index contributed by atoms with van der Waals surface area (Å²) in [6.45, 7) is 4.64. The van der Waals surface area contributed by atoms with Gasteiger partial charge in [-0.3, -0.25) is 4.98 Å². The molecule has 1 saturated heterocycles. The van der Waals surface area contributed by atoms with Gasteiger partial charge in [-0.25, -0.2) is 8.78 Å². The highest BCUT2D eigenvalue weighted by molar-refractivity contribution is 6.00. The lowest BCUT2D eigenvalue weighted by Gasteiger charge is -2.17. The third-order valence-corrected chi connectivity index (χ3v) is 4.86. The van der Waals surface area contributed by atoms with Crippen LogP contribution in [0.5, 0.6) is 5.75 Å². The monoisotopic (exact) mass is 386 g/mol. The average molecular weight is 386 g/mol. The zero-order valence-electron chi connectivity index (χ0n) is 15.5. The number of pyridine rings is 1. The molecular weight excluding hydrogens is 366 g/mol. The minimum atomic E-state index is -2.66. The van der Waals surface area contributed by atoms with Crippen LogP contribution in [0.4, 0.5) is 14.6 Å². The van der Waals surface area contributed by atoms with E-state index in [-0.39, 0.29) is 23.0 Å². The van der Waals surface area contributed by atoms with E-state index in [9.17, 15) is 13.9 Å². The predicted molar refractivity (Wildman–Crippen MR) is 101 cm³/mol. The Labute approximate surface area is 160 Å². The SMILES string of the molecule is CC1(C)CC(Nc2nnc(-c3ccc(C(F)F)cc3O)c3ccncc23)CO1. The van der Waals surface area contributed by atoms with Crippen LogP contribution >= 0.6 is 0 Å². The summed E-state index contributed by atoms with van der Waals surface area (Å²) in [7, 11) is 0. The summed E-state index contributed by atoms with van der Waals surface area (Å²) < 4.78 is 31.5. The van der Waals surface area contributed by atoms with Crippen LogP contribution in [0.3, 0.4) is 0 Å². The lowest BCUT2D eigenvalue weighted by Crippen LogP contribution is -2.23. The fourth-order valence-corrected chi connectivity index (χ4v) is 3.51. The van der Waals surface area contributed by atoms with E-state index in [1.165, 1.54) is 12.1 Å². The van der Waals surface area contributed by atoms with E-state index in [4.69, 9.17) is 4.74 Å². The van der Waals surface area contributed by atoms with Crippen LogP contribution in [-0.2, 0) is 4.74 Å². The van der Waals surface area contributed by atoms with E-state index >= 15 is 0 Å². The summed E-state index contributed by atoms with van der Waals surface area (Å²) >= 11 is 0. The molecule has 0 aliphatic carbocycles. The molecule has 6 nitrogen and oxygen atoms in total. The van der Waals surface area contributed by atoms with Gasteiger partial charge in [0.1, 0.15) is 11.4 Å². The molecular formula is C20H20F2N4O2. The van der Waals surface area contributed by atoms with E-state index in [1.54, 1.807) is 18.5 Å². The van der Waals surface area contributed by atoms with Crippen molar-refractivity contribution in [2.75, 3.05) is 11.9 Å². The van der Waals surface area contributed by atoms with Gasteiger partial charge in [0.2, 0.25) is 0 Å². The smallest absolute Gasteiger partial charge is 0.263 e. The summed E-state index contributed by atoms with van der Waals surface area (Å²) in [4.78, 5) is 4.17. The van der Waals surface area contributed by atoms with Crippen molar-refractivity contribution in [3.63, 3.8) is 0 Å². The summed E-state index contributed by atoms with van der Waals surface area (Å²) in [6, 6.07) is 5.62. The number of fused-ring (bicyclic) bond motifs is 1. The predicted octanol–water partition coefficient (Wildman–Crippen LogP) is 4.31. The van der Waals surface area contributed by atoms with Crippen LogP contribution < -0.4 is 5.32 Å². The molecule has 0 amide bonds. The number of halogens is 2.